The lowest BCUT2D eigenvalue weighted by Crippen LogP contribution is -2.36. The van der Waals surface area contributed by atoms with Gasteiger partial charge in [0.1, 0.15) is 0 Å². The monoisotopic (exact) mass is 325 g/mol. The highest BCUT2D eigenvalue weighted by Gasteiger charge is 2.47. The number of rotatable bonds is 4. The summed E-state index contributed by atoms with van der Waals surface area (Å²) >= 11 is 0. The second kappa shape index (κ2) is 5.22. The first kappa shape index (κ1) is 14.8. The van der Waals surface area contributed by atoms with Gasteiger partial charge < -0.3 is 15.1 Å². The molecule has 1 spiro atoms. The van der Waals surface area contributed by atoms with Crippen molar-refractivity contribution in [2.24, 2.45) is 5.92 Å². The van der Waals surface area contributed by atoms with Crippen LogP contribution in [-0.4, -0.2) is 50.1 Å². The van der Waals surface area contributed by atoms with Gasteiger partial charge >= 0.3 is 0 Å². The van der Waals surface area contributed by atoms with E-state index in [0.717, 1.165) is 44.0 Å². The highest BCUT2D eigenvalue weighted by Crippen LogP contribution is 2.47. The molecule has 1 unspecified atom stereocenters. The summed E-state index contributed by atoms with van der Waals surface area (Å²) in [5.74, 6) is 1.01. The second-order valence-electron chi connectivity index (χ2n) is 8.57. The Morgan fingerprint density at radius 3 is 2.75 bits per heavy atom. The van der Waals surface area contributed by atoms with Crippen LogP contribution < -0.4 is 10.2 Å². The van der Waals surface area contributed by atoms with Crippen LogP contribution in [0.25, 0.3) is 0 Å². The van der Waals surface area contributed by atoms with Gasteiger partial charge in [-0.3, -0.25) is 4.79 Å². The van der Waals surface area contributed by atoms with Crippen LogP contribution in [0, 0.1) is 5.92 Å². The highest BCUT2D eigenvalue weighted by molar-refractivity contribution is 5.95. The van der Waals surface area contributed by atoms with Crippen LogP contribution in [0.2, 0.25) is 0 Å². The maximum absolute atomic E-state index is 12.5. The van der Waals surface area contributed by atoms with Crippen molar-refractivity contribution in [3.8, 4) is 0 Å². The molecule has 1 N–H and O–H groups in total. The van der Waals surface area contributed by atoms with Gasteiger partial charge in [-0.2, -0.15) is 0 Å². The van der Waals surface area contributed by atoms with Crippen LogP contribution in [0.1, 0.15) is 48.0 Å². The quantitative estimate of drug-likeness (QED) is 0.923. The molecule has 0 radical (unpaired) electrons. The summed E-state index contributed by atoms with van der Waals surface area (Å²) in [6.07, 6.45) is 6.27. The third-order valence-electron chi connectivity index (χ3n) is 6.30. The Morgan fingerprint density at radius 2 is 2.08 bits per heavy atom. The van der Waals surface area contributed by atoms with E-state index in [9.17, 15) is 4.79 Å². The number of fused-ring (bicyclic) bond motifs is 2. The summed E-state index contributed by atoms with van der Waals surface area (Å²) in [4.78, 5) is 17.5. The van der Waals surface area contributed by atoms with Crippen molar-refractivity contribution in [3.63, 3.8) is 0 Å². The lowest BCUT2D eigenvalue weighted by atomic mass is 9.81. The van der Waals surface area contributed by atoms with Gasteiger partial charge in [0.2, 0.25) is 0 Å². The van der Waals surface area contributed by atoms with E-state index in [1.54, 1.807) is 0 Å². The molecule has 0 aromatic heterocycles. The average molecular weight is 325 g/mol. The third kappa shape index (κ3) is 2.52. The smallest absolute Gasteiger partial charge is 0.251 e. The summed E-state index contributed by atoms with van der Waals surface area (Å²) in [5, 5.41) is 3.14. The zero-order valence-corrected chi connectivity index (χ0v) is 14.6. The van der Waals surface area contributed by atoms with Gasteiger partial charge in [-0.1, -0.05) is 0 Å². The average Bonchev–Trinajstić information content (AvgIpc) is 3.48. The Balaban J connectivity index is 1.48. The molecule has 1 saturated heterocycles. The molecule has 1 aromatic carbocycles. The van der Waals surface area contributed by atoms with Crippen LogP contribution in [0.3, 0.4) is 0 Å². The fourth-order valence-corrected chi connectivity index (χ4v) is 4.61. The van der Waals surface area contributed by atoms with Crippen molar-refractivity contribution in [1.29, 1.82) is 0 Å². The number of nitrogens with one attached hydrogen (secondary N) is 1. The molecule has 2 aliphatic heterocycles. The van der Waals surface area contributed by atoms with Gasteiger partial charge in [-0.05, 0) is 75.4 Å². The van der Waals surface area contributed by atoms with Gasteiger partial charge in [0.25, 0.3) is 5.91 Å². The molecule has 3 fully saturated rings. The molecular weight excluding hydrogens is 298 g/mol. The Kier molecular flexibility index (Phi) is 3.21. The fourth-order valence-electron chi connectivity index (χ4n) is 4.61. The topological polar surface area (TPSA) is 35.6 Å². The van der Waals surface area contributed by atoms with Gasteiger partial charge in [-0.25, -0.2) is 0 Å². The van der Waals surface area contributed by atoms with Crippen molar-refractivity contribution in [2.45, 2.75) is 43.6 Å². The summed E-state index contributed by atoms with van der Waals surface area (Å²) in [6.45, 7) is 4.62. The number of amides is 1. The zero-order chi connectivity index (χ0) is 16.3. The van der Waals surface area contributed by atoms with Gasteiger partial charge in [0, 0.05) is 42.3 Å². The molecule has 5 rings (SSSR count). The molecular formula is C20H27N3O. The normalized spacial score (nSPS) is 29.3. The maximum Gasteiger partial charge on any atom is 0.251 e. The largest absolute Gasteiger partial charge is 0.370 e. The molecule has 2 aliphatic carbocycles. The molecule has 2 saturated carbocycles. The highest BCUT2D eigenvalue weighted by atomic mass is 16.1. The molecule has 2 heterocycles. The van der Waals surface area contributed by atoms with E-state index >= 15 is 0 Å². The van der Waals surface area contributed by atoms with E-state index in [1.807, 2.05) is 6.07 Å². The number of carbonyl (C=O) groups excluding carboxylic acids is 1. The first-order valence-electron chi connectivity index (χ1n) is 9.52. The summed E-state index contributed by atoms with van der Waals surface area (Å²) in [5.41, 5.74) is 3.90. The molecule has 0 bridgehead atoms. The van der Waals surface area contributed by atoms with Crippen LogP contribution in [0.4, 0.5) is 5.69 Å². The Hall–Kier alpha value is -1.55. The van der Waals surface area contributed by atoms with Crippen molar-refractivity contribution in [1.82, 2.24) is 10.2 Å². The fraction of sp³-hybridized carbons (Fsp3) is 0.650. The number of hydrogen-bond donors (Lipinski definition) is 1. The lowest BCUT2D eigenvalue weighted by molar-refractivity contribution is 0.0951. The van der Waals surface area contributed by atoms with Crippen molar-refractivity contribution < 1.29 is 4.79 Å². The van der Waals surface area contributed by atoms with Crippen molar-refractivity contribution in [3.05, 3.63) is 29.3 Å². The van der Waals surface area contributed by atoms with Crippen LogP contribution >= 0.6 is 0 Å². The molecule has 24 heavy (non-hydrogen) atoms. The van der Waals surface area contributed by atoms with Gasteiger partial charge in [0.05, 0.1) is 0 Å². The number of carbonyl (C=O) groups is 1. The SMILES string of the molecule is CN1CCC2(C1)CN(CC1CC1)c1ccc(C(=O)NC3CC3)cc12. The molecule has 128 valence electrons. The van der Waals surface area contributed by atoms with Crippen molar-refractivity contribution >= 4 is 11.6 Å². The molecule has 1 amide bonds. The van der Waals surface area contributed by atoms with Gasteiger partial charge in [0.15, 0.2) is 0 Å². The predicted octanol–water partition coefficient (Wildman–Crippen LogP) is 2.38. The van der Waals surface area contributed by atoms with E-state index in [1.165, 1.54) is 37.1 Å². The first-order valence-corrected chi connectivity index (χ1v) is 9.52. The van der Waals surface area contributed by atoms with E-state index in [0.29, 0.717) is 6.04 Å². The Morgan fingerprint density at radius 1 is 1.25 bits per heavy atom. The molecule has 1 aromatic rings. The van der Waals surface area contributed by atoms with Gasteiger partial charge in [-0.15, -0.1) is 0 Å². The molecule has 4 heteroatoms. The molecule has 1 atom stereocenters. The van der Waals surface area contributed by atoms with E-state index < -0.39 is 0 Å². The van der Waals surface area contributed by atoms with E-state index in [-0.39, 0.29) is 11.3 Å². The standard InChI is InChI=1S/C20H27N3O/c1-22-9-8-20(12-22)13-23(11-14-2-3-14)18-7-4-15(10-17(18)20)19(24)21-16-5-6-16/h4,7,10,14,16H,2-3,5-6,8-9,11-13H2,1H3,(H,21,24). The minimum absolute atomic E-state index is 0.113. The second-order valence-corrected chi connectivity index (χ2v) is 8.57. The predicted molar refractivity (Wildman–Crippen MR) is 95.7 cm³/mol. The number of anilines is 1. The first-order chi connectivity index (χ1) is 11.6. The number of nitrogens with zero attached hydrogens (tertiary/aromatic N) is 2. The Bertz CT molecular complexity index is 679. The van der Waals surface area contributed by atoms with E-state index in [4.69, 9.17) is 0 Å². The summed E-state index contributed by atoms with van der Waals surface area (Å²) in [6, 6.07) is 6.88. The van der Waals surface area contributed by atoms with Crippen LogP contribution in [0.5, 0.6) is 0 Å². The zero-order valence-electron chi connectivity index (χ0n) is 14.6. The van der Waals surface area contributed by atoms with E-state index in [2.05, 4.69) is 34.3 Å². The minimum atomic E-state index is 0.113. The number of benzene rings is 1. The summed E-state index contributed by atoms with van der Waals surface area (Å²) < 4.78 is 0. The minimum Gasteiger partial charge on any atom is -0.370 e. The lowest BCUT2D eigenvalue weighted by Gasteiger charge is -2.26. The third-order valence-corrected chi connectivity index (χ3v) is 6.30. The summed E-state index contributed by atoms with van der Waals surface area (Å²) in [7, 11) is 2.22. The van der Waals surface area contributed by atoms with Crippen molar-refractivity contribution in [2.75, 3.05) is 38.1 Å². The number of hydrogen-bond acceptors (Lipinski definition) is 3. The number of likely N-dealkylation sites (tertiary alicyclic amines) is 1. The maximum atomic E-state index is 12.5. The molecule has 4 nitrogen and oxygen atoms in total. The Labute approximate surface area is 144 Å². The van der Waals surface area contributed by atoms with Crippen LogP contribution in [-0.2, 0) is 5.41 Å². The molecule has 4 aliphatic rings. The number of likely N-dealkylation sites (N-methyl/N-ethyl adjacent to an activating group) is 1. The van der Waals surface area contributed by atoms with Crippen LogP contribution in [0.15, 0.2) is 18.2 Å².